The Morgan fingerprint density at radius 2 is 1.93 bits per heavy atom. The standard InChI is InChI=1S/C24H28N2O3/c1-28-23-13-17-11-12-26(16-27)22(20(17)14-24(23)29-2)10-6-3-7-18-15-25-21-9-5-4-8-19(18)21/h4-5,8-9,13-16,22,25H,3,6-7,10-12H2,1-2H3. The molecule has 5 heteroatoms. The fraction of sp³-hybridized carbons (Fsp3) is 0.375. The van der Waals surface area contributed by atoms with Crippen molar-refractivity contribution in [2.45, 2.75) is 38.1 Å². The number of rotatable bonds is 8. The number of aromatic amines is 1. The number of carbonyl (C=O) groups is 1. The van der Waals surface area contributed by atoms with Crippen LogP contribution in [0.4, 0.5) is 0 Å². The van der Waals surface area contributed by atoms with Crippen LogP contribution >= 0.6 is 0 Å². The van der Waals surface area contributed by atoms with E-state index in [0.717, 1.165) is 56.6 Å². The zero-order valence-corrected chi connectivity index (χ0v) is 17.1. The number of nitrogens with one attached hydrogen (secondary N) is 1. The third-order valence-corrected chi connectivity index (χ3v) is 6.03. The molecule has 0 radical (unpaired) electrons. The van der Waals surface area contributed by atoms with Crippen LogP contribution in [0, 0.1) is 0 Å². The molecule has 0 bridgehead atoms. The molecular weight excluding hydrogens is 364 g/mol. The van der Waals surface area contributed by atoms with Crippen LogP contribution in [0.5, 0.6) is 11.5 Å². The molecule has 1 N–H and O–H groups in total. The SMILES string of the molecule is COc1cc2c(cc1OC)C(CCCCc1c[nH]c3ccccc13)N(C=O)CC2. The van der Waals surface area contributed by atoms with Crippen LogP contribution < -0.4 is 9.47 Å². The van der Waals surface area contributed by atoms with E-state index in [4.69, 9.17) is 9.47 Å². The number of carbonyl (C=O) groups excluding carboxylic acids is 1. The molecule has 1 aliphatic heterocycles. The summed E-state index contributed by atoms with van der Waals surface area (Å²) in [4.78, 5) is 17.0. The number of fused-ring (bicyclic) bond motifs is 2. The molecule has 0 saturated heterocycles. The number of para-hydroxylation sites is 1. The smallest absolute Gasteiger partial charge is 0.210 e. The number of hydrogen-bond donors (Lipinski definition) is 1. The topological polar surface area (TPSA) is 54.6 Å². The van der Waals surface area contributed by atoms with Crippen molar-refractivity contribution in [2.24, 2.45) is 0 Å². The number of aromatic nitrogens is 1. The molecule has 0 fully saturated rings. The second-order valence-electron chi connectivity index (χ2n) is 7.62. The van der Waals surface area contributed by atoms with E-state index in [1.165, 1.54) is 27.6 Å². The Morgan fingerprint density at radius 1 is 1.14 bits per heavy atom. The van der Waals surface area contributed by atoms with E-state index in [9.17, 15) is 4.79 Å². The molecule has 2 aromatic carbocycles. The maximum absolute atomic E-state index is 11.7. The summed E-state index contributed by atoms with van der Waals surface area (Å²) in [7, 11) is 3.31. The zero-order valence-electron chi connectivity index (χ0n) is 17.1. The number of hydrogen-bond acceptors (Lipinski definition) is 3. The summed E-state index contributed by atoms with van der Waals surface area (Å²) in [6.07, 6.45) is 8.09. The molecule has 1 atom stereocenters. The van der Waals surface area contributed by atoms with Gasteiger partial charge in [-0.3, -0.25) is 4.79 Å². The van der Waals surface area contributed by atoms with Gasteiger partial charge in [-0.25, -0.2) is 0 Å². The molecule has 5 nitrogen and oxygen atoms in total. The first-order valence-corrected chi connectivity index (χ1v) is 10.3. The number of aryl methyl sites for hydroxylation is 1. The molecule has 0 spiro atoms. The molecule has 152 valence electrons. The number of unbranched alkanes of at least 4 members (excludes halogenated alkanes) is 1. The van der Waals surface area contributed by atoms with Gasteiger partial charge < -0.3 is 19.4 Å². The van der Waals surface area contributed by atoms with E-state index in [0.29, 0.717) is 0 Å². The summed E-state index contributed by atoms with van der Waals surface area (Å²) in [5.41, 5.74) is 5.00. The van der Waals surface area contributed by atoms with Crippen LogP contribution in [0.1, 0.15) is 42.0 Å². The lowest BCUT2D eigenvalue weighted by Gasteiger charge is -2.35. The van der Waals surface area contributed by atoms with Gasteiger partial charge in [0.15, 0.2) is 11.5 Å². The van der Waals surface area contributed by atoms with E-state index in [1.807, 2.05) is 11.0 Å². The minimum atomic E-state index is 0.0963. The highest BCUT2D eigenvalue weighted by Gasteiger charge is 2.27. The fourth-order valence-corrected chi connectivity index (χ4v) is 4.49. The quantitative estimate of drug-likeness (QED) is 0.448. The van der Waals surface area contributed by atoms with E-state index >= 15 is 0 Å². The lowest BCUT2D eigenvalue weighted by Crippen LogP contribution is -2.34. The predicted molar refractivity (Wildman–Crippen MR) is 115 cm³/mol. The number of ether oxygens (including phenoxy) is 2. The summed E-state index contributed by atoms with van der Waals surface area (Å²) in [5.74, 6) is 1.48. The Hall–Kier alpha value is -2.95. The summed E-state index contributed by atoms with van der Waals surface area (Å²) in [6, 6.07) is 12.6. The molecular formula is C24H28N2O3. The average molecular weight is 392 g/mol. The highest BCUT2D eigenvalue weighted by atomic mass is 16.5. The van der Waals surface area contributed by atoms with Gasteiger partial charge in [0, 0.05) is 23.6 Å². The van der Waals surface area contributed by atoms with Gasteiger partial charge in [-0.2, -0.15) is 0 Å². The summed E-state index contributed by atoms with van der Waals surface area (Å²) in [6.45, 7) is 0.749. The number of amides is 1. The van der Waals surface area contributed by atoms with Crippen LogP contribution in [0.25, 0.3) is 10.9 Å². The highest BCUT2D eigenvalue weighted by molar-refractivity contribution is 5.83. The van der Waals surface area contributed by atoms with Gasteiger partial charge in [0.2, 0.25) is 6.41 Å². The van der Waals surface area contributed by atoms with Crippen molar-refractivity contribution in [3.63, 3.8) is 0 Å². The van der Waals surface area contributed by atoms with Crippen molar-refractivity contribution < 1.29 is 14.3 Å². The molecule has 29 heavy (non-hydrogen) atoms. The van der Waals surface area contributed by atoms with E-state index < -0.39 is 0 Å². The van der Waals surface area contributed by atoms with Gasteiger partial charge in [-0.1, -0.05) is 24.6 Å². The van der Waals surface area contributed by atoms with Crippen LogP contribution in [0.3, 0.4) is 0 Å². The largest absolute Gasteiger partial charge is 0.493 e. The zero-order chi connectivity index (χ0) is 20.2. The maximum Gasteiger partial charge on any atom is 0.210 e. The molecule has 4 rings (SSSR count). The normalized spacial score (nSPS) is 15.9. The molecule has 0 aliphatic carbocycles. The molecule has 1 amide bonds. The number of benzene rings is 2. The molecule has 1 aliphatic rings. The first-order valence-electron chi connectivity index (χ1n) is 10.3. The second kappa shape index (κ2) is 8.60. The van der Waals surface area contributed by atoms with Crippen LogP contribution in [0.15, 0.2) is 42.6 Å². The van der Waals surface area contributed by atoms with Crippen LogP contribution in [-0.4, -0.2) is 37.1 Å². The number of methoxy groups -OCH3 is 2. The van der Waals surface area contributed by atoms with Crippen molar-refractivity contribution in [1.82, 2.24) is 9.88 Å². The first-order chi connectivity index (χ1) is 14.2. The minimum Gasteiger partial charge on any atom is -0.493 e. The Labute approximate surface area is 171 Å². The summed E-state index contributed by atoms with van der Waals surface area (Å²) in [5, 5.41) is 1.31. The lowest BCUT2D eigenvalue weighted by atomic mass is 9.89. The van der Waals surface area contributed by atoms with E-state index in [-0.39, 0.29) is 6.04 Å². The van der Waals surface area contributed by atoms with Gasteiger partial charge in [-0.05, 0) is 60.6 Å². The average Bonchev–Trinajstić information content (AvgIpc) is 3.18. The molecule has 0 saturated carbocycles. The monoisotopic (exact) mass is 392 g/mol. The minimum absolute atomic E-state index is 0.0963. The van der Waals surface area contributed by atoms with Gasteiger partial charge >= 0.3 is 0 Å². The van der Waals surface area contributed by atoms with Crippen LogP contribution in [0.2, 0.25) is 0 Å². The Morgan fingerprint density at radius 3 is 2.72 bits per heavy atom. The second-order valence-corrected chi connectivity index (χ2v) is 7.62. The third kappa shape index (κ3) is 3.82. The Kier molecular flexibility index (Phi) is 5.74. The maximum atomic E-state index is 11.7. The van der Waals surface area contributed by atoms with E-state index in [2.05, 4.69) is 41.5 Å². The Balaban J connectivity index is 1.46. The molecule has 1 aromatic heterocycles. The van der Waals surface area contributed by atoms with E-state index in [1.54, 1.807) is 14.2 Å². The Bertz CT molecular complexity index is 995. The molecule has 2 heterocycles. The van der Waals surface area contributed by atoms with Crippen molar-refractivity contribution >= 4 is 17.3 Å². The van der Waals surface area contributed by atoms with Gasteiger partial charge in [0.05, 0.1) is 20.3 Å². The number of H-pyrrole nitrogens is 1. The van der Waals surface area contributed by atoms with Gasteiger partial charge in [0.25, 0.3) is 0 Å². The summed E-state index contributed by atoms with van der Waals surface area (Å²) < 4.78 is 11.0. The number of nitrogens with zero attached hydrogens (tertiary/aromatic N) is 1. The van der Waals surface area contributed by atoms with Crippen LogP contribution in [-0.2, 0) is 17.6 Å². The van der Waals surface area contributed by atoms with Crippen molar-refractivity contribution in [2.75, 3.05) is 20.8 Å². The first kappa shape index (κ1) is 19.4. The van der Waals surface area contributed by atoms with Crippen molar-refractivity contribution in [1.29, 1.82) is 0 Å². The summed E-state index contributed by atoms with van der Waals surface area (Å²) >= 11 is 0. The third-order valence-electron chi connectivity index (χ3n) is 6.03. The van der Waals surface area contributed by atoms with Gasteiger partial charge in [-0.15, -0.1) is 0 Å². The van der Waals surface area contributed by atoms with Crippen molar-refractivity contribution in [3.05, 3.63) is 59.3 Å². The highest BCUT2D eigenvalue weighted by Crippen LogP contribution is 2.39. The molecule has 1 unspecified atom stereocenters. The molecule has 3 aromatic rings. The van der Waals surface area contributed by atoms with Gasteiger partial charge in [0.1, 0.15) is 0 Å². The lowest BCUT2D eigenvalue weighted by molar-refractivity contribution is -0.120. The van der Waals surface area contributed by atoms with Crippen molar-refractivity contribution in [3.8, 4) is 11.5 Å². The predicted octanol–water partition coefficient (Wildman–Crippen LogP) is 4.65. The fourth-order valence-electron chi connectivity index (χ4n) is 4.49.